The van der Waals surface area contributed by atoms with Crippen molar-refractivity contribution < 1.29 is 0 Å². The lowest BCUT2D eigenvalue weighted by Crippen LogP contribution is -1.86. The molecule has 0 rings (SSSR count). The summed E-state index contributed by atoms with van der Waals surface area (Å²) in [7, 11) is 0. The van der Waals surface area contributed by atoms with Crippen molar-refractivity contribution in [2.45, 2.75) is 25.1 Å². The number of alkyl halides is 1. The molecule has 0 heterocycles. The Balaban J connectivity index is 3.29. The van der Waals surface area contributed by atoms with E-state index in [1.807, 2.05) is 6.92 Å². The first-order chi connectivity index (χ1) is 3.31. The average Bonchev–Trinajstić information content (AvgIpc) is 1.68. The molecule has 0 bridgehead atoms. The second-order valence-electron chi connectivity index (χ2n) is 1.27. The highest BCUT2D eigenvalue weighted by atomic mass is 79.9. The van der Waals surface area contributed by atoms with Gasteiger partial charge in [-0.2, -0.15) is 0 Å². The van der Waals surface area contributed by atoms with Crippen molar-refractivity contribution in [2.75, 3.05) is 0 Å². The van der Waals surface area contributed by atoms with Gasteiger partial charge in [0.15, 0.2) is 0 Å². The fourth-order valence-corrected chi connectivity index (χ4v) is 0.488. The van der Waals surface area contributed by atoms with Crippen LogP contribution in [0.1, 0.15) is 20.3 Å². The summed E-state index contributed by atoms with van der Waals surface area (Å²) >= 11 is 3.36. The molecule has 1 atom stereocenters. The first kappa shape index (κ1) is 7.04. The van der Waals surface area contributed by atoms with Crippen LogP contribution in [0.5, 0.6) is 0 Å². The van der Waals surface area contributed by atoms with Crippen LogP contribution in [0.2, 0.25) is 0 Å². The van der Waals surface area contributed by atoms with Gasteiger partial charge in [0.2, 0.25) is 0 Å². The molecule has 0 aromatic rings. The Morgan fingerprint density at radius 3 is 2.43 bits per heavy atom. The summed E-state index contributed by atoms with van der Waals surface area (Å²) in [5, 5.41) is 0. The maximum absolute atomic E-state index is 3.36. The first-order valence-corrected chi connectivity index (χ1v) is 3.29. The van der Waals surface area contributed by atoms with Crippen LogP contribution < -0.4 is 0 Å². The van der Waals surface area contributed by atoms with E-state index in [0.29, 0.717) is 4.83 Å². The minimum Gasteiger partial charge on any atom is -0.106 e. The monoisotopic (exact) mass is 160 g/mol. The van der Waals surface area contributed by atoms with Crippen LogP contribution in [0.3, 0.4) is 0 Å². The van der Waals surface area contributed by atoms with Gasteiger partial charge in [-0.25, -0.2) is 0 Å². The average molecular weight is 161 g/mol. The van der Waals surface area contributed by atoms with Crippen LogP contribution in [-0.4, -0.2) is 4.83 Å². The third-order valence-electron chi connectivity index (χ3n) is 0.659. The van der Waals surface area contributed by atoms with Crippen molar-refractivity contribution in [3.8, 4) is 11.8 Å². The fraction of sp³-hybridized carbons (Fsp3) is 0.667. The third kappa shape index (κ3) is 3.88. The van der Waals surface area contributed by atoms with Gasteiger partial charge in [-0.15, -0.1) is 5.92 Å². The predicted octanol–water partition coefficient (Wildman–Crippen LogP) is 2.18. The van der Waals surface area contributed by atoms with Crippen LogP contribution >= 0.6 is 15.9 Å². The van der Waals surface area contributed by atoms with Crippen LogP contribution in [0.4, 0.5) is 0 Å². The molecule has 0 aliphatic carbocycles. The summed E-state index contributed by atoms with van der Waals surface area (Å²) in [6.45, 7) is 3.95. The summed E-state index contributed by atoms with van der Waals surface area (Å²) in [6.07, 6.45) is 1.08. The molecule has 0 aliphatic rings. The summed E-state index contributed by atoms with van der Waals surface area (Å²) in [5.74, 6) is 5.78. The van der Waals surface area contributed by atoms with Crippen molar-refractivity contribution in [1.29, 1.82) is 0 Å². The van der Waals surface area contributed by atoms with Crippen LogP contribution in [-0.2, 0) is 0 Å². The highest BCUT2D eigenvalue weighted by molar-refractivity contribution is 9.09. The molecule has 0 saturated heterocycles. The van der Waals surface area contributed by atoms with Gasteiger partial charge in [0.05, 0.1) is 4.83 Å². The van der Waals surface area contributed by atoms with Gasteiger partial charge in [-0.05, 0) is 13.3 Å². The lowest BCUT2D eigenvalue weighted by atomic mass is 10.3. The lowest BCUT2D eigenvalue weighted by molar-refractivity contribution is 1.01. The highest BCUT2D eigenvalue weighted by Crippen LogP contribution is 2.00. The number of halogens is 1. The molecular weight excluding hydrogens is 152 g/mol. The van der Waals surface area contributed by atoms with Crippen LogP contribution in [0.15, 0.2) is 0 Å². The van der Waals surface area contributed by atoms with Gasteiger partial charge >= 0.3 is 0 Å². The van der Waals surface area contributed by atoms with Crippen molar-refractivity contribution in [3.63, 3.8) is 0 Å². The highest BCUT2D eigenvalue weighted by Gasteiger charge is 1.88. The van der Waals surface area contributed by atoms with Gasteiger partial charge < -0.3 is 0 Å². The number of rotatable bonds is 1. The van der Waals surface area contributed by atoms with Gasteiger partial charge in [0, 0.05) is 0 Å². The van der Waals surface area contributed by atoms with E-state index in [1.165, 1.54) is 0 Å². The molecule has 0 N–H and O–H groups in total. The van der Waals surface area contributed by atoms with E-state index >= 15 is 0 Å². The molecule has 0 amide bonds. The van der Waals surface area contributed by atoms with E-state index in [2.05, 4.69) is 34.7 Å². The van der Waals surface area contributed by atoms with E-state index < -0.39 is 0 Å². The number of hydrogen-bond acceptors (Lipinski definition) is 0. The molecule has 0 nitrogen and oxygen atoms in total. The Morgan fingerprint density at radius 1 is 1.71 bits per heavy atom. The quantitative estimate of drug-likeness (QED) is 0.408. The number of hydrogen-bond donors (Lipinski definition) is 0. The second-order valence-corrected chi connectivity index (χ2v) is 2.38. The molecule has 0 aromatic heterocycles. The minimum atomic E-state index is 0.400. The molecule has 0 radical (unpaired) electrons. The van der Waals surface area contributed by atoms with Gasteiger partial charge in [-0.3, -0.25) is 0 Å². The summed E-state index contributed by atoms with van der Waals surface area (Å²) < 4.78 is 0. The Kier molecular flexibility index (Phi) is 4.23. The molecule has 1 unspecified atom stereocenters. The zero-order chi connectivity index (χ0) is 5.70. The Hall–Kier alpha value is 0.0400. The molecule has 1 heteroatoms. The van der Waals surface area contributed by atoms with Gasteiger partial charge in [0.1, 0.15) is 0 Å². The summed E-state index contributed by atoms with van der Waals surface area (Å²) in [5.41, 5.74) is 0. The van der Waals surface area contributed by atoms with E-state index in [9.17, 15) is 0 Å². The normalized spacial score (nSPS) is 11.9. The maximum Gasteiger partial charge on any atom is 0.0751 e. The minimum absolute atomic E-state index is 0.400. The summed E-state index contributed by atoms with van der Waals surface area (Å²) in [4.78, 5) is 0.400. The lowest BCUT2D eigenvalue weighted by Gasteiger charge is -1.89. The first-order valence-electron chi connectivity index (χ1n) is 2.37. The maximum atomic E-state index is 3.36. The summed E-state index contributed by atoms with van der Waals surface area (Å²) in [6, 6.07) is 0. The van der Waals surface area contributed by atoms with Gasteiger partial charge in [-0.1, -0.05) is 28.8 Å². The Labute approximate surface area is 53.4 Å². The standard InChI is InChI=1S/C6H9Br/c1-3-5-6(7)4-2/h6H,4H2,1-2H3. The SMILES string of the molecule is CC#CC(Br)CC. The molecule has 0 aliphatic heterocycles. The molecular formula is C6H9Br. The zero-order valence-electron chi connectivity index (χ0n) is 4.66. The third-order valence-corrected chi connectivity index (χ3v) is 1.54. The zero-order valence-corrected chi connectivity index (χ0v) is 6.25. The second kappa shape index (κ2) is 4.21. The van der Waals surface area contributed by atoms with Crippen LogP contribution in [0, 0.1) is 11.8 Å². The molecule has 7 heavy (non-hydrogen) atoms. The van der Waals surface area contributed by atoms with Crippen LogP contribution in [0.25, 0.3) is 0 Å². The molecule has 0 spiro atoms. The van der Waals surface area contributed by atoms with E-state index in [0.717, 1.165) is 6.42 Å². The molecule has 0 aromatic carbocycles. The van der Waals surface area contributed by atoms with Gasteiger partial charge in [0.25, 0.3) is 0 Å². The predicted molar refractivity (Wildman–Crippen MR) is 36.5 cm³/mol. The smallest absolute Gasteiger partial charge is 0.0751 e. The van der Waals surface area contributed by atoms with Crippen molar-refractivity contribution in [1.82, 2.24) is 0 Å². The molecule has 0 saturated carbocycles. The molecule has 0 fully saturated rings. The van der Waals surface area contributed by atoms with E-state index in [4.69, 9.17) is 0 Å². The van der Waals surface area contributed by atoms with Crippen molar-refractivity contribution >= 4 is 15.9 Å². The topological polar surface area (TPSA) is 0 Å². The van der Waals surface area contributed by atoms with E-state index in [1.54, 1.807) is 0 Å². The van der Waals surface area contributed by atoms with E-state index in [-0.39, 0.29) is 0 Å². The fourth-order valence-electron chi connectivity index (χ4n) is 0.259. The molecule has 40 valence electrons. The largest absolute Gasteiger partial charge is 0.106 e. The van der Waals surface area contributed by atoms with Crippen molar-refractivity contribution in [3.05, 3.63) is 0 Å². The Bertz CT molecular complexity index is 86.1. The van der Waals surface area contributed by atoms with Crippen molar-refractivity contribution in [2.24, 2.45) is 0 Å². The Morgan fingerprint density at radius 2 is 2.29 bits per heavy atom.